The smallest absolute Gasteiger partial charge is 0.237 e. The molecule has 33 heavy (non-hydrogen) atoms. The Morgan fingerprint density at radius 1 is 1.18 bits per heavy atom. The van der Waals surface area contributed by atoms with Crippen molar-refractivity contribution in [2.75, 3.05) is 38.6 Å². The summed E-state index contributed by atoms with van der Waals surface area (Å²) in [5, 5.41) is 0.486. The van der Waals surface area contributed by atoms with E-state index >= 15 is 0 Å². The maximum atomic E-state index is 13.7. The predicted octanol–water partition coefficient (Wildman–Crippen LogP) is 5.10. The van der Waals surface area contributed by atoms with Crippen LogP contribution in [0.1, 0.15) is 31.4 Å². The maximum Gasteiger partial charge on any atom is 0.237 e. The van der Waals surface area contributed by atoms with Gasteiger partial charge in [-0.15, -0.1) is 11.8 Å². The third kappa shape index (κ3) is 6.58. The van der Waals surface area contributed by atoms with Gasteiger partial charge in [-0.1, -0.05) is 55.8 Å². The molecule has 5 nitrogen and oxygen atoms in total. The number of ether oxygens (including phenoxy) is 2. The molecule has 0 bridgehead atoms. The van der Waals surface area contributed by atoms with Crippen molar-refractivity contribution in [2.45, 2.75) is 38.6 Å². The molecule has 0 aliphatic carbocycles. The summed E-state index contributed by atoms with van der Waals surface area (Å²) in [6.07, 6.45) is 0.830. The summed E-state index contributed by atoms with van der Waals surface area (Å²) in [5.74, 6) is 2.83. The van der Waals surface area contributed by atoms with E-state index in [2.05, 4.69) is 43.0 Å². The lowest BCUT2D eigenvalue weighted by Crippen LogP contribution is -2.47. The molecule has 1 amide bonds. The first-order valence-corrected chi connectivity index (χ1v) is 13.2. The standard InChI is InChI=1S/C26H33ClN2O3S/c1-19(2)15-29(17-21-13-22(27)25-23(14-21)31-10-6-11-32-25)26(30)24-18-28(9-12-33-24)16-20-7-4-3-5-8-20/h3-5,7-8,13-14,19,24H,6,9-12,15-18H2,1-2H3. The fraction of sp³-hybridized carbons (Fsp3) is 0.500. The molecule has 0 spiro atoms. The quantitative estimate of drug-likeness (QED) is 0.542. The second kappa shape index (κ2) is 11.5. The molecule has 1 fully saturated rings. The van der Waals surface area contributed by atoms with E-state index in [0.29, 0.717) is 48.7 Å². The van der Waals surface area contributed by atoms with Crippen molar-refractivity contribution in [3.63, 3.8) is 0 Å². The van der Waals surface area contributed by atoms with Gasteiger partial charge in [0.1, 0.15) is 0 Å². The van der Waals surface area contributed by atoms with E-state index in [4.69, 9.17) is 21.1 Å². The lowest BCUT2D eigenvalue weighted by Gasteiger charge is -2.35. The SMILES string of the molecule is CC(C)CN(Cc1cc(Cl)c2c(c1)OCCCO2)C(=O)C1CN(Cc2ccccc2)CCS1. The van der Waals surface area contributed by atoms with E-state index in [1.807, 2.05) is 23.1 Å². The van der Waals surface area contributed by atoms with Crippen LogP contribution in [0.2, 0.25) is 5.02 Å². The number of benzene rings is 2. The molecule has 0 aromatic heterocycles. The van der Waals surface area contributed by atoms with E-state index in [-0.39, 0.29) is 11.2 Å². The monoisotopic (exact) mass is 488 g/mol. The van der Waals surface area contributed by atoms with Crippen LogP contribution in [0.4, 0.5) is 0 Å². The molecule has 1 atom stereocenters. The summed E-state index contributed by atoms with van der Waals surface area (Å²) in [5.41, 5.74) is 2.26. The van der Waals surface area contributed by atoms with Crippen molar-refractivity contribution < 1.29 is 14.3 Å². The minimum absolute atomic E-state index is 0.0582. The predicted molar refractivity (Wildman–Crippen MR) is 135 cm³/mol. The second-order valence-corrected chi connectivity index (χ2v) is 10.9. The van der Waals surface area contributed by atoms with Crippen molar-refractivity contribution in [1.82, 2.24) is 9.80 Å². The number of hydrogen-bond donors (Lipinski definition) is 0. The average Bonchev–Trinajstić information content (AvgIpc) is 3.05. The first-order valence-electron chi connectivity index (χ1n) is 11.7. The second-order valence-electron chi connectivity index (χ2n) is 9.15. The van der Waals surface area contributed by atoms with Crippen LogP contribution in [0.15, 0.2) is 42.5 Å². The van der Waals surface area contributed by atoms with Crippen LogP contribution < -0.4 is 9.47 Å². The molecule has 4 rings (SSSR count). The van der Waals surface area contributed by atoms with Gasteiger partial charge in [0.25, 0.3) is 0 Å². The number of amides is 1. The molecule has 2 heterocycles. The number of carbonyl (C=O) groups excluding carboxylic acids is 1. The molecule has 0 N–H and O–H groups in total. The molecule has 2 aliphatic heterocycles. The Bertz CT molecular complexity index is 941. The number of hydrogen-bond acceptors (Lipinski definition) is 5. The highest BCUT2D eigenvalue weighted by molar-refractivity contribution is 8.00. The molecule has 1 unspecified atom stereocenters. The highest BCUT2D eigenvalue weighted by Gasteiger charge is 2.30. The van der Waals surface area contributed by atoms with Crippen LogP contribution in [0.5, 0.6) is 11.5 Å². The van der Waals surface area contributed by atoms with Gasteiger partial charge in [0.2, 0.25) is 5.91 Å². The fourth-order valence-electron chi connectivity index (χ4n) is 4.31. The van der Waals surface area contributed by atoms with E-state index in [0.717, 1.165) is 37.4 Å². The molecule has 1 saturated heterocycles. The summed E-state index contributed by atoms with van der Waals surface area (Å²) in [6, 6.07) is 14.4. The van der Waals surface area contributed by atoms with E-state index in [9.17, 15) is 4.79 Å². The van der Waals surface area contributed by atoms with Gasteiger partial charge in [0, 0.05) is 44.9 Å². The number of nitrogens with zero attached hydrogens (tertiary/aromatic N) is 2. The molecule has 0 saturated carbocycles. The van der Waals surface area contributed by atoms with Crippen LogP contribution >= 0.6 is 23.4 Å². The van der Waals surface area contributed by atoms with E-state index in [1.54, 1.807) is 11.8 Å². The van der Waals surface area contributed by atoms with Crippen molar-refractivity contribution >= 4 is 29.3 Å². The zero-order chi connectivity index (χ0) is 23.2. The molecular formula is C26H33ClN2O3S. The normalized spacial score (nSPS) is 18.7. The van der Waals surface area contributed by atoms with Gasteiger partial charge in [-0.2, -0.15) is 0 Å². The number of carbonyl (C=O) groups is 1. The third-order valence-corrected chi connectivity index (χ3v) is 7.26. The number of halogens is 1. The summed E-state index contributed by atoms with van der Waals surface area (Å²) in [6.45, 7) is 9.39. The molecule has 178 valence electrons. The molecule has 2 aromatic carbocycles. The van der Waals surface area contributed by atoms with Crippen LogP contribution in [0, 0.1) is 5.92 Å². The Morgan fingerprint density at radius 2 is 1.97 bits per heavy atom. The first kappa shape index (κ1) is 24.2. The van der Waals surface area contributed by atoms with E-state index in [1.165, 1.54) is 5.56 Å². The van der Waals surface area contributed by atoms with Gasteiger partial charge >= 0.3 is 0 Å². The van der Waals surface area contributed by atoms with Crippen molar-refractivity contribution in [3.8, 4) is 11.5 Å². The van der Waals surface area contributed by atoms with Gasteiger partial charge in [0.15, 0.2) is 11.5 Å². The molecule has 0 radical (unpaired) electrons. The molecular weight excluding hydrogens is 456 g/mol. The average molecular weight is 489 g/mol. The topological polar surface area (TPSA) is 42.0 Å². The largest absolute Gasteiger partial charge is 0.489 e. The highest BCUT2D eigenvalue weighted by atomic mass is 35.5. The van der Waals surface area contributed by atoms with Crippen molar-refractivity contribution in [3.05, 3.63) is 58.6 Å². The number of thioether (sulfide) groups is 1. The van der Waals surface area contributed by atoms with Gasteiger partial charge in [-0.3, -0.25) is 9.69 Å². The minimum atomic E-state index is -0.0582. The number of rotatable bonds is 7. The van der Waals surface area contributed by atoms with E-state index < -0.39 is 0 Å². The van der Waals surface area contributed by atoms with Gasteiger partial charge in [-0.05, 0) is 29.2 Å². The Labute approximate surface area is 206 Å². The highest BCUT2D eigenvalue weighted by Crippen LogP contribution is 2.38. The third-order valence-electron chi connectivity index (χ3n) is 5.81. The van der Waals surface area contributed by atoms with Crippen LogP contribution in [-0.4, -0.2) is 59.6 Å². The molecule has 2 aliphatic rings. The van der Waals surface area contributed by atoms with Crippen LogP contribution in [0.3, 0.4) is 0 Å². The van der Waals surface area contributed by atoms with Crippen LogP contribution in [0.25, 0.3) is 0 Å². The van der Waals surface area contributed by atoms with Crippen molar-refractivity contribution in [1.29, 1.82) is 0 Å². The Balaban J connectivity index is 1.47. The zero-order valence-electron chi connectivity index (χ0n) is 19.5. The zero-order valence-corrected chi connectivity index (χ0v) is 21.0. The Hall–Kier alpha value is -1.89. The van der Waals surface area contributed by atoms with Crippen molar-refractivity contribution in [2.24, 2.45) is 5.92 Å². The lowest BCUT2D eigenvalue weighted by atomic mass is 10.1. The minimum Gasteiger partial charge on any atom is -0.489 e. The molecule has 2 aromatic rings. The van der Waals surface area contributed by atoms with Gasteiger partial charge in [-0.25, -0.2) is 0 Å². The Morgan fingerprint density at radius 3 is 2.76 bits per heavy atom. The summed E-state index contributed by atoms with van der Waals surface area (Å²) in [4.78, 5) is 18.0. The van der Waals surface area contributed by atoms with Crippen LogP contribution in [-0.2, 0) is 17.9 Å². The summed E-state index contributed by atoms with van der Waals surface area (Å²) in [7, 11) is 0. The molecule has 7 heteroatoms. The number of fused-ring (bicyclic) bond motifs is 1. The van der Waals surface area contributed by atoms with Gasteiger partial charge < -0.3 is 14.4 Å². The Kier molecular flexibility index (Phi) is 8.45. The fourth-order valence-corrected chi connectivity index (χ4v) is 5.85. The lowest BCUT2D eigenvalue weighted by molar-refractivity contribution is -0.132. The maximum absolute atomic E-state index is 13.7. The van der Waals surface area contributed by atoms with Gasteiger partial charge in [0.05, 0.1) is 23.5 Å². The first-order chi connectivity index (χ1) is 16.0. The summed E-state index contributed by atoms with van der Waals surface area (Å²) >= 11 is 8.29. The summed E-state index contributed by atoms with van der Waals surface area (Å²) < 4.78 is 11.6.